The van der Waals surface area contributed by atoms with Crippen molar-refractivity contribution in [2.45, 2.75) is 52.2 Å². The summed E-state index contributed by atoms with van der Waals surface area (Å²) in [5, 5.41) is 14.6. The standard InChI is InChI=1S/C22H27N3O3/c1-16-7-5-6-12-24(16)15-20-9-4-3-8-19(20)14-23-21-11-10-18(17(2)26)13-22(21)25(27)28/h3-4,8-11,13,16,23H,5-7,12,14-15H2,1-2H3. The summed E-state index contributed by atoms with van der Waals surface area (Å²) in [4.78, 5) is 25.0. The lowest BCUT2D eigenvalue weighted by Crippen LogP contribution is -2.37. The fraction of sp³-hybridized carbons (Fsp3) is 0.409. The summed E-state index contributed by atoms with van der Waals surface area (Å²) in [5.41, 5.74) is 3.07. The van der Waals surface area contributed by atoms with Gasteiger partial charge in [0.15, 0.2) is 5.78 Å². The molecule has 0 spiro atoms. The highest BCUT2D eigenvalue weighted by molar-refractivity contribution is 5.95. The third-order valence-corrected chi connectivity index (χ3v) is 5.50. The summed E-state index contributed by atoms with van der Waals surface area (Å²) in [5.74, 6) is -0.185. The quantitative estimate of drug-likeness (QED) is 0.424. The van der Waals surface area contributed by atoms with Crippen LogP contribution >= 0.6 is 0 Å². The summed E-state index contributed by atoms with van der Waals surface area (Å²) >= 11 is 0. The first-order valence-electron chi connectivity index (χ1n) is 9.80. The largest absolute Gasteiger partial charge is 0.375 e. The first kappa shape index (κ1) is 20.0. The van der Waals surface area contributed by atoms with Crippen molar-refractivity contribution in [1.82, 2.24) is 4.90 Å². The maximum absolute atomic E-state index is 11.5. The molecule has 0 aliphatic carbocycles. The fourth-order valence-electron chi connectivity index (χ4n) is 3.74. The van der Waals surface area contributed by atoms with E-state index in [1.54, 1.807) is 12.1 Å². The van der Waals surface area contributed by atoms with Gasteiger partial charge in [-0.2, -0.15) is 0 Å². The molecule has 3 rings (SSSR count). The Kier molecular flexibility index (Phi) is 6.41. The summed E-state index contributed by atoms with van der Waals surface area (Å²) < 4.78 is 0. The number of Topliss-reactive ketones (excluding diaryl/α,β-unsaturated/α-hetero) is 1. The van der Waals surface area contributed by atoms with Crippen molar-refractivity contribution >= 4 is 17.2 Å². The molecule has 1 heterocycles. The number of nitrogens with one attached hydrogen (secondary N) is 1. The second-order valence-corrected chi connectivity index (χ2v) is 7.48. The van der Waals surface area contributed by atoms with Gasteiger partial charge in [-0.3, -0.25) is 19.8 Å². The minimum Gasteiger partial charge on any atom is -0.375 e. The van der Waals surface area contributed by atoms with E-state index in [-0.39, 0.29) is 11.5 Å². The molecule has 148 valence electrons. The summed E-state index contributed by atoms with van der Waals surface area (Å²) in [6.45, 7) is 6.19. The van der Waals surface area contributed by atoms with Gasteiger partial charge in [0.25, 0.3) is 5.69 Å². The first-order chi connectivity index (χ1) is 13.5. The number of nitro benzene ring substituents is 1. The molecular formula is C22H27N3O3. The van der Waals surface area contributed by atoms with Crippen molar-refractivity contribution in [3.63, 3.8) is 0 Å². The van der Waals surface area contributed by atoms with E-state index in [4.69, 9.17) is 0 Å². The zero-order chi connectivity index (χ0) is 20.1. The third-order valence-electron chi connectivity index (χ3n) is 5.50. The number of hydrogen-bond acceptors (Lipinski definition) is 5. The van der Waals surface area contributed by atoms with Gasteiger partial charge in [-0.05, 0) is 56.5 Å². The van der Waals surface area contributed by atoms with E-state index in [1.165, 1.54) is 37.8 Å². The summed E-state index contributed by atoms with van der Waals surface area (Å²) in [6.07, 6.45) is 3.76. The van der Waals surface area contributed by atoms with Crippen LogP contribution in [-0.4, -0.2) is 28.2 Å². The topological polar surface area (TPSA) is 75.5 Å². The molecule has 6 heteroatoms. The smallest absolute Gasteiger partial charge is 0.293 e. The van der Waals surface area contributed by atoms with Gasteiger partial charge in [0, 0.05) is 30.8 Å². The Morgan fingerprint density at radius 2 is 1.96 bits per heavy atom. The number of nitrogens with zero attached hydrogens (tertiary/aromatic N) is 2. The molecule has 2 aromatic rings. The van der Waals surface area contributed by atoms with Crippen LogP contribution in [0, 0.1) is 10.1 Å². The van der Waals surface area contributed by atoms with E-state index in [1.807, 2.05) is 12.1 Å². The highest BCUT2D eigenvalue weighted by Crippen LogP contribution is 2.27. The molecule has 1 saturated heterocycles. The van der Waals surface area contributed by atoms with Gasteiger partial charge in [-0.25, -0.2) is 0 Å². The molecule has 0 radical (unpaired) electrons. The van der Waals surface area contributed by atoms with E-state index >= 15 is 0 Å². The number of benzene rings is 2. The Labute approximate surface area is 165 Å². The van der Waals surface area contributed by atoms with Crippen LogP contribution in [0.5, 0.6) is 0 Å². The Morgan fingerprint density at radius 3 is 2.64 bits per heavy atom. The molecule has 1 atom stereocenters. The van der Waals surface area contributed by atoms with E-state index in [0.29, 0.717) is 23.8 Å². The Morgan fingerprint density at radius 1 is 1.21 bits per heavy atom. The molecule has 0 saturated carbocycles. The van der Waals surface area contributed by atoms with Crippen LogP contribution in [0.4, 0.5) is 11.4 Å². The molecule has 0 bridgehead atoms. The van der Waals surface area contributed by atoms with Crippen molar-refractivity contribution in [3.8, 4) is 0 Å². The second-order valence-electron chi connectivity index (χ2n) is 7.48. The van der Waals surface area contributed by atoms with Gasteiger partial charge in [0.05, 0.1) is 4.92 Å². The molecule has 1 aliphatic heterocycles. The van der Waals surface area contributed by atoms with Crippen molar-refractivity contribution in [2.24, 2.45) is 0 Å². The molecule has 0 amide bonds. The molecule has 0 aromatic heterocycles. The zero-order valence-electron chi connectivity index (χ0n) is 16.5. The second kappa shape index (κ2) is 8.97. The number of hydrogen-bond donors (Lipinski definition) is 1. The lowest BCUT2D eigenvalue weighted by atomic mass is 10.0. The van der Waals surface area contributed by atoms with Crippen molar-refractivity contribution in [2.75, 3.05) is 11.9 Å². The lowest BCUT2D eigenvalue weighted by molar-refractivity contribution is -0.384. The number of anilines is 1. The SMILES string of the molecule is CC(=O)c1ccc(NCc2ccccc2CN2CCCCC2C)c([N+](=O)[O-])c1. The van der Waals surface area contributed by atoms with Crippen molar-refractivity contribution < 1.29 is 9.72 Å². The summed E-state index contributed by atoms with van der Waals surface area (Å²) in [7, 11) is 0. The number of carbonyl (C=O) groups is 1. The molecule has 1 N–H and O–H groups in total. The van der Waals surface area contributed by atoms with Gasteiger partial charge in [0.2, 0.25) is 0 Å². The Bertz CT molecular complexity index is 866. The minimum absolute atomic E-state index is 0.0742. The number of carbonyl (C=O) groups excluding carboxylic acids is 1. The molecule has 2 aromatic carbocycles. The van der Waals surface area contributed by atoms with Gasteiger partial charge < -0.3 is 5.32 Å². The predicted octanol–water partition coefficient (Wildman–Crippen LogP) is 4.78. The highest BCUT2D eigenvalue weighted by Gasteiger charge is 2.20. The number of ketones is 1. The zero-order valence-corrected chi connectivity index (χ0v) is 16.5. The Hall–Kier alpha value is -2.73. The van der Waals surface area contributed by atoms with Crippen molar-refractivity contribution in [1.29, 1.82) is 0 Å². The van der Waals surface area contributed by atoms with E-state index in [0.717, 1.165) is 18.7 Å². The molecule has 6 nitrogen and oxygen atoms in total. The van der Waals surface area contributed by atoms with Crippen molar-refractivity contribution in [3.05, 3.63) is 69.3 Å². The number of nitro groups is 1. The molecular weight excluding hydrogens is 354 g/mol. The van der Waals surface area contributed by atoms with Crippen LogP contribution in [0.25, 0.3) is 0 Å². The van der Waals surface area contributed by atoms with E-state index < -0.39 is 4.92 Å². The average Bonchev–Trinajstić information content (AvgIpc) is 2.68. The third kappa shape index (κ3) is 4.75. The average molecular weight is 381 g/mol. The monoisotopic (exact) mass is 381 g/mol. The van der Waals surface area contributed by atoms with Gasteiger partial charge in [-0.15, -0.1) is 0 Å². The normalized spacial score (nSPS) is 17.3. The first-order valence-corrected chi connectivity index (χ1v) is 9.80. The number of likely N-dealkylation sites (tertiary alicyclic amines) is 1. The van der Waals surface area contributed by atoms with Gasteiger partial charge in [-0.1, -0.05) is 30.7 Å². The summed E-state index contributed by atoms with van der Waals surface area (Å²) in [6, 6.07) is 13.4. The molecule has 1 fully saturated rings. The lowest BCUT2D eigenvalue weighted by Gasteiger charge is -2.33. The maximum Gasteiger partial charge on any atom is 0.293 e. The molecule has 1 unspecified atom stereocenters. The van der Waals surface area contributed by atoms with E-state index in [9.17, 15) is 14.9 Å². The highest BCUT2D eigenvalue weighted by atomic mass is 16.6. The molecule has 28 heavy (non-hydrogen) atoms. The van der Waals surface area contributed by atoms with Crippen LogP contribution < -0.4 is 5.32 Å². The van der Waals surface area contributed by atoms with Crippen LogP contribution in [0.2, 0.25) is 0 Å². The van der Waals surface area contributed by atoms with Gasteiger partial charge >= 0.3 is 0 Å². The van der Waals surface area contributed by atoms with Crippen LogP contribution in [0.1, 0.15) is 54.6 Å². The Balaban J connectivity index is 1.76. The number of rotatable bonds is 7. The van der Waals surface area contributed by atoms with Crippen LogP contribution in [0.15, 0.2) is 42.5 Å². The van der Waals surface area contributed by atoms with E-state index in [2.05, 4.69) is 29.3 Å². The van der Waals surface area contributed by atoms with Crippen LogP contribution in [0.3, 0.4) is 0 Å². The number of piperidine rings is 1. The fourth-order valence-corrected chi connectivity index (χ4v) is 3.74. The minimum atomic E-state index is -0.448. The molecule has 1 aliphatic rings. The van der Waals surface area contributed by atoms with Crippen LogP contribution in [-0.2, 0) is 13.1 Å². The van der Waals surface area contributed by atoms with Gasteiger partial charge in [0.1, 0.15) is 5.69 Å². The predicted molar refractivity (Wildman–Crippen MR) is 111 cm³/mol. The maximum atomic E-state index is 11.5.